The number of hydrogen-bond acceptors (Lipinski definition) is 7. The Morgan fingerprint density at radius 2 is 1.61 bits per heavy atom. The summed E-state index contributed by atoms with van der Waals surface area (Å²) in [5.74, 6) is -4.58. The first-order valence-electron chi connectivity index (χ1n) is 11.7. The van der Waals surface area contributed by atoms with Crippen molar-refractivity contribution < 1.29 is 55.6 Å². The Labute approximate surface area is 229 Å². The van der Waals surface area contributed by atoms with Crippen molar-refractivity contribution in [2.24, 2.45) is 0 Å². The van der Waals surface area contributed by atoms with Gasteiger partial charge >= 0.3 is 24.3 Å². The summed E-state index contributed by atoms with van der Waals surface area (Å²) in [6, 6.07) is 14.4. The van der Waals surface area contributed by atoms with Gasteiger partial charge in [-0.1, -0.05) is 24.3 Å². The Bertz CT molecular complexity index is 1230. The molecule has 10 nitrogen and oxygen atoms in total. The summed E-state index contributed by atoms with van der Waals surface area (Å²) < 4.78 is 77.1. The molecule has 1 aliphatic heterocycles. The number of benzene rings is 1. The number of hydrogen-bond donors (Lipinski definition) is 2. The fourth-order valence-corrected chi connectivity index (χ4v) is 3.58. The molecule has 2 N–H and O–H groups in total. The predicted octanol–water partition coefficient (Wildman–Crippen LogP) is 4.33. The molecule has 0 radical (unpaired) electrons. The summed E-state index contributed by atoms with van der Waals surface area (Å²) in [5.41, 5.74) is 3.49. The van der Waals surface area contributed by atoms with Crippen LogP contribution in [0.3, 0.4) is 0 Å². The average Bonchev–Trinajstić information content (AvgIpc) is 3.38. The molecule has 4 rings (SSSR count). The summed E-state index contributed by atoms with van der Waals surface area (Å²) >= 11 is 0. The van der Waals surface area contributed by atoms with E-state index in [9.17, 15) is 26.3 Å². The molecule has 1 aromatic carbocycles. The zero-order valence-corrected chi connectivity index (χ0v) is 21.5. The smallest absolute Gasteiger partial charge is 0.490 e. The van der Waals surface area contributed by atoms with Gasteiger partial charge in [0.2, 0.25) is 0 Å². The number of carbonyl (C=O) groups is 2. The van der Waals surface area contributed by atoms with E-state index >= 15 is 0 Å². The quantitative estimate of drug-likeness (QED) is 0.386. The van der Waals surface area contributed by atoms with Gasteiger partial charge < -0.3 is 19.7 Å². The highest BCUT2D eigenvalue weighted by atomic mass is 19.4. The number of aromatic nitrogens is 3. The molecule has 0 bridgehead atoms. The van der Waals surface area contributed by atoms with E-state index in [0.29, 0.717) is 13.2 Å². The first-order chi connectivity index (χ1) is 19.2. The maximum Gasteiger partial charge on any atom is 0.490 e. The van der Waals surface area contributed by atoms with E-state index in [1.165, 1.54) is 11.3 Å². The molecule has 3 heterocycles. The topological polar surface area (TPSA) is 127 Å². The third-order valence-corrected chi connectivity index (χ3v) is 5.33. The molecule has 41 heavy (non-hydrogen) atoms. The van der Waals surface area contributed by atoms with Crippen molar-refractivity contribution in [1.82, 2.24) is 19.7 Å². The van der Waals surface area contributed by atoms with E-state index in [4.69, 9.17) is 29.3 Å². The number of alkyl halides is 6. The summed E-state index contributed by atoms with van der Waals surface area (Å²) in [7, 11) is 1.72. The van der Waals surface area contributed by atoms with Crippen LogP contribution in [0.25, 0.3) is 0 Å². The Morgan fingerprint density at radius 3 is 2.17 bits per heavy atom. The molecule has 0 aliphatic carbocycles. The van der Waals surface area contributed by atoms with Gasteiger partial charge in [-0.25, -0.2) is 9.59 Å². The SMILES string of the molecule is COc1ccccc1CN1Cc2ccnn2C(COCc2cccnc2)C1.O=C(O)C(F)(F)F.O=C(O)C(F)(F)F. The van der Waals surface area contributed by atoms with Crippen LogP contribution in [0.5, 0.6) is 5.75 Å². The second-order valence-corrected chi connectivity index (χ2v) is 8.38. The fourth-order valence-electron chi connectivity index (χ4n) is 3.58. The van der Waals surface area contributed by atoms with Crippen LogP contribution in [-0.2, 0) is 34.0 Å². The maximum atomic E-state index is 10.6. The van der Waals surface area contributed by atoms with Gasteiger partial charge in [0, 0.05) is 43.8 Å². The number of halogens is 6. The highest BCUT2D eigenvalue weighted by Gasteiger charge is 2.38. The predicted molar refractivity (Wildman–Crippen MR) is 130 cm³/mol. The van der Waals surface area contributed by atoms with Crippen LogP contribution in [-0.4, -0.2) is 74.4 Å². The van der Waals surface area contributed by atoms with E-state index < -0.39 is 24.3 Å². The van der Waals surface area contributed by atoms with Crippen molar-refractivity contribution in [2.75, 3.05) is 20.3 Å². The first kappa shape index (κ1) is 33.0. The van der Waals surface area contributed by atoms with Crippen molar-refractivity contribution in [2.45, 2.75) is 38.1 Å². The minimum absolute atomic E-state index is 0.190. The van der Waals surface area contributed by atoms with Gasteiger partial charge in [0.25, 0.3) is 0 Å². The molecule has 3 aromatic rings. The number of methoxy groups -OCH3 is 1. The number of aliphatic carboxylic acids is 2. The van der Waals surface area contributed by atoms with E-state index in [1.54, 1.807) is 13.3 Å². The standard InChI is InChI=1S/C21H24N4O2.2C2HF3O2/c1-26-21-7-3-2-6-18(21)12-24-13-19-8-10-23-25(19)20(14-24)16-27-15-17-5-4-9-22-11-17;2*3-2(4,5)1(6)7/h2-11,20H,12-16H2,1H3;2*(H,6,7). The second-order valence-electron chi connectivity index (χ2n) is 8.38. The molecule has 1 atom stereocenters. The van der Waals surface area contributed by atoms with Gasteiger partial charge in [0.1, 0.15) is 5.75 Å². The summed E-state index contributed by atoms with van der Waals surface area (Å²) in [6.45, 7) is 3.78. The number of fused-ring (bicyclic) bond motifs is 1. The zero-order valence-electron chi connectivity index (χ0n) is 21.5. The van der Waals surface area contributed by atoms with Crippen LogP contribution >= 0.6 is 0 Å². The third kappa shape index (κ3) is 11.1. The molecule has 0 saturated carbocycles. The molecule has 0 saturated heterocycles. The largest absolute Gasteiger partial charge is 0.496 e. The minimum atomic E-state index is -5.08. The highest BCUT2D eigenvalue weighted by molar-refractivity contribution is 5.73. The van der Waals surface area contributed by atoms with Crippen LogP contribution in [0.4, 0.5) is 26.3 Å². The van der Waals surface area contributed by atoms with E-state index in [2.05, 4.69) is 37.9 Å². The normalized spacial score (nSPS) is 15.0. The number of pyridine rings is 1. The van der Waals surface area contributed by atoms with Crippen LogP contribution in [0.15, 0.2) is 61.1 Å². The molecule has 0 fully saturated rings. The average molecular weight is 592 g/mol. The lowest BCUT2D eigenvalue weighted by Crippen LogP contribution is -2.39. The van der Waals surface area contributed by atoms with Crippen LogP contribution < -0.4 is 4.74 Å². The van der Waals surface area contributed by atoms with Gasteiger partial charge in [-0.3, -0.25) is 14.6 Å². The van der Waals surface area contributed by atoms with Gasteiger partial charge in [-0.15, -0.1) is 0 Å². The lowest BCUT2D eigenvalue weighted by Gasteiger charge is -2.34. The number of ether oxygens (including phenoxy) is 2. The number of carboxylic acids is 2. The van der Waals surface area contributed by atoms with Crippen LogP contribution in [0.2, 0.25) is 0 Å². The zero-order chi connectivity index (χ0) is 30.6. The molecule has 1 unspecified atom stereocenters. The Balaban J connectivity index is 0.000000349. The monoisotopic (exact) mass is 592 g/mol. The minimum Gasteiger partial charge on any atom is -0.496 e. The number of rotatable bonds is 7. The van der Waals surface area contributed by atoms with Crippen LogP contribution in [0.1, 0.15) is 22.9 Å². The van der Waals surface area contributed by atoms with Gasteiger partial charge in [-0.05, 0) is 23.8 Å². The first-order valence-corrected chi connectivity index (χ1v) is 11.7. The van der Waals surface area contributed by atoms with Crippen molar-refractivity contribution >= 4 is 11.9 Å². The molecule has 2 aromatic heterocycles. The summed E-state index contributed by atoms with van der Waals surface area (Å²) in [6.07, 6.45) is -4.68. The Kier molecular flexibility index (Phi) is 12.1. The lowest BCUT2D eigenvalue weighted by atomic mass is 10.1. The molecule has 16 heteroatoms. The molecular weight excluding hydrogens is 566 g/mol. The van der Waals surface area contributed by atoms with Crippen molar-refractivity contribution in [1.29, 1.82) is 0 Å². The van der Waals surface area contributed by atoms with Gasteiger partial charge in [0.15, 0.2) is 0 Å². The molecular formula is C25H26F6N4O6. The third-order valence-electron chi connectivity index (χ3n) is 5.33. The highest BCUT2D eigenvalue weighted by Crippen LogP contribution is 2.26. The number of nitrogens with zero attached hydrogens (tertiary/aromatic N) is 4. The second kappa shape index (κ2) is 15.0. The van der Waals surface area contributed by atoms with Crippen molar-refractivity contribution in [3.8, 4) is 5.75 Å². The van der Waals surface area contributed by atoms with Gasteiger partial charge in [0.05, 0.1) is 32.1 Å². The van der Waals surface area contributed by atoms with Crippen LogP contribution in [0, 0.1) is 0 Å². The Morgan fingerprint density at radius 1 is 0.976 bits per heavy atom. The van der Waals surface area contributed by atoms with Gasteiger partial charge in [-0.2, -0.15) is 31.4 Å². The lowest BCUT2D eigenvalue weighted by molar-refractivity contribution is -0.193. The summed E-state index contributed by atoms with van der Waals surface area (Å²) in [5, 5.41) is 18.8. The van der Waals surface area contributed by atoms with E-state index in [0.717, 1.165) is 30.9 Å². The molecule has 224 valence electrons. The number of para-hydroxylation sites is 1. The molecule has 0 spiro atoms. The van der Waals surface area contributed by atoms with Crippen molar-refractivity contribution in [3.63, 3.8) is 0 Å². The maximum absolute atomic E-state index is 10.6. The molecule has 1 aliphatic rings. The van der Waals surface area contributed by atoms with Crippen molar-refractivity contribution in [3.05, 3.63) is 77.9 Å². The fraction of sp³-hybridized carbons (Fsp3) is 0.360. The summed E-state index contributed by atoms with van der Waals surface area (Å²) in [4.78, 5) is 24.4. The Hall–Kier alpha value is -4.18. The number of carboxylic acid groups (broad SMARTS) is 2. The van der Waals surface area contributed by atoms with E-state index in [-0.39, 0.29) is 6.04 Å². The molecule has 0 amide bonds. The van der Waals surface area contributed by atoms with E-state index in [1.807, 2.05) is 36.7 Å².